The minimum Gasteiger partial charge on any atom is -0.350 e. The maximum Gasteiger partial charge on any atom is 0.261 e. The van der Waals surface area contributed by atoms with E-state index >= 15 is 0 Å². The van der Waals surface area contributed by atoms with Crippen molar-refractivity contribution in [3.05, 3.63) is 22.4 Å². The molecule has 1 aromatic rings. The van der Waals surface area contributed by atoms with Gasteiger partial charge in [-0.3, -0.25) is 9.59 Å². The van der Waals surface area contributed by atoms with Crippen molar-refractivity contribution in [1.29, 1.82) is 0 Å². The van der Waals surface area contributed by atoms with Gasteiger partial charge < -0.3 is 10.2 Å². The summed E-state index contributed by atoms with van der Waals surface area (Å²) in [6, 6.07) is 2.84. The van der Waals surface area contributed by atoms with Gasteiger partial charge >= 0.3 is 0 Å². The van der Waals surface area contributed by atoms with E-state index in [0.29, 0.717) is 30.9 Å². The third-order valence-electron chi connectivity index (χ3n) is 3.07. The van der Waals surface area contributed by atoms with E-state index in [9.17, 15) is 18.0 Å². The van der Waals surface area contributed by atoms with Crippen LogP contribution in [0.2, 0.25) is 0 Å². The van der Waals surface area contributed by atoms with Gasteiger partial charge in [-0.2, -0.15) is 0 Å². The zero-order chi connectivity index (χ0) is 15.5. The largest absolute Gasteiger partial charge is 0.350 e. The van der Waals surface area contributed by atoms with Gasteiger partial charge in [0.1, 0.15) is 6.04 Å². The van der Waals surface area contributed by atoms with E-state index in [1.165, 1.54) is 11.3 Å². The molecule has 21 heavy (non-hydrogen) atoms. The summed E-state index contributed by atoms with van der Waals surface area (Å²) >= 11 is 1.35. The molecule has 0 spiro atoms. The standard InChI is InChI=1S/C12H17N3O4S2/c1-21(18,19)14-9-4-6-15(12(9)17)7-5-13-11(16)10-3-2-8-20-10/h2-3,8-9,14H,4-7H2,1H3,(H,13,16). The average molecular weight is 331 g/mol. The molecule has 2 rings (SSSR count). The summed E-state index contributed by atoms with van der Waals surface area (Å²) in [6.45, 7) is 1.20. The third-order valence-corrected chi connectivity index (χ3v) is 4.65. The SMILES string of the molecule is CS(=O)(=O)NC1CCN(CCNC(=O)c2cccs2)C1=O. The number of nitrogens with one attached hydrogen (secondary N) is 2. The number of likely N-dealkylation sites (tertiary alicyclic amines) is 1. The Morgan fingerprint density at radius 2 is 2.29 bits per heavy atom. The molecule has 2 amide bonds. The first-order valence-electron chi connectivity index (χ1n) is 6.44. The highest BCUT2D eigenvalue weighted by Gasteiger charge is 2.33. The highest BCUT2D eigenvalue weighted by atomic mass is 32.2. The molecule has 1 aliphatic heterocycles. The number of rotatable bonds is 6. The van der Waals surface area contributed by atoms with Crippen LogP contribution in [0, 0.1) is 0 Å². The van der Waals surface area contributed by atoms with Crippen LogP contribution >= 0.6 is 11.3 Å². The van der Waals surface area contributed by atoms with Gasteiger partial charge in [0.15, 0.2) is 0 Å². The number of sulfonamides is 1. The number of carbonyl (C=O) groups excluding carboxylic acids is 2. The Bertz CT molecular complexity index is 612. The summed E-state index contributed by atoms with van der Waals surface area (Å²) in [5.74, 6) is -0.409. The maximum absolute atomic E-state index is 12.0. The first-order valence-corrected chi connectivity index (χ1v) is 9.22. The van der Waals surface area contributed by atoms with Gasteiger partial charge in [0.25, 0.3) is 5.91 Å². The lowest BCUT2D eigenvalue weighted by atomic mass is 10.3. The molecule has 7 nitrogen and oxygen atoms in total. The van der Waals surface area contributed by atoms with E-state index in [2.05, 4.69) is 10.0 Å². The minimum absolute atomic E-state index is 0.164. The van der Waals surface area contributed by atoms with Crippen molar-refractivity contribution in [3.8, 4) is 0 Å². The molecule has 1 saturated heterocycles. The van der Waals surface area contributed by atoms with Gasteiger partial charge in [0.05, 0.1) is 11.1 Å². The van der Waals surface area contributed by atoms with Gasteiger partial charge in [0, 0.05) is 19.6 Å². The molecule has 116 valence electrons. The van der Waals surface area contributed by atoms with E-state index in [0.717, 1.165) is 6.26 Å². The molecule has 0 bridgehead atoms. The molecular formula is C12H17N3O4S2. The van der Waals surface area contributed by atoms with Crippen molar-refractivity contribution in [2.24, 2.45) is 0 Å². The fourth-order valence-electron chi connectivity index (χ4n) is 2.13. The second kappa shape index (κ2) is 6.54. The highest BCUT2D eigenvalue weighted by Crippen LogP contribution is 2.11. The summed E-state index contributed by atoms with van der Waals surface area (Å²) in [5.41, 5.74) is 0. The summed E-state index contributed by atoms with van der Waals surface area (Å²) < 4.78 is 24.6. The molecule has 2 N–H and O–H groups in total. The number of thiophene rings is 1. The molecule has 0 aliphatic carbocycles. The molecule has 1 unspecified atom stereocenters. The van der Waals surface area contributed by atoms with Crippen LogP contribution in [-0.4, -0.2) is 57.1 Å². The molecule has 1 aromatic heterocycles. The molecule has 0 aromatic carbocycles. The Morgan fingerprint density at radius 3 is 2.90 bits per heavy atom. The van der Waals surface area contributed by atoms with Gasteiger partial charge in [-0.05, 0) is 17.9 Å². The lowest BCUT2D eigenvalue weighted by Crippen LogP contribution is -2.42. The molecule has 9 heteroatoms. The number of hydrogen-bond acceptors (Lipinski definition) is 5. The predicted octanol–water partition coefficient (Wildman–Crippen LogP) is -0.372. The van der Waals surface area contributed by atoms with Crippen molar-refractivity contribution in [2.75, 3.05) is 25.9 Å². The topological polar surface area (TPSA) is 95.6 Å². The molecule has 1 aliphatic rings. The van der Waals surface area contributed by atoms with Crippen molar-refractivity contribution in [2.45, 2.75) is 12.5 Å². The Labute approximate surface area is 127 Å². The molecule has 0 radical (unpaired) electrons. The zero-order valence-electron chi connectivity index (χ0n) is 11.5. The van der Waals surface area contributed by atoms with E-state index in [4.69, 9.17) is 0 Å². The molecule has 1 atom stereocenters. The maximum atomic E-state index is 12.0. The van der Waals surface area contributed by atoms with Crippen LogP contribution in [0.3, 0.4) is 0 Å². The average Bonchev–Trinajstić information content (AvgIpc) is 3.01. The number of hydrogen-bond donors (Lipinski definition) is 2. The van der Waals surface area contributed by atoms with Crippen LogP contribution in [0.1, 0.15) is 16.1 Å². The van der Waals surface area contributed by atoms with Crippen LogP contribution < -0.4 is 10.0 Å². The number of carbonyl (C=O) groups is 2. The Hall–Kier alpha value is -1.45. The molecular weight excluding hydrogens is 314 g/mol. The second-order valence-corrected chi connectivity index (χ2v) is 7.52. The fraction of sp³-hybridized carbons (Fsp3) is 0.500. The zero-order valence-corrected chi connectivity index (χ0v) is 13.2. The van der Waals surface area contributed by atoms with Crippen LogP contribution in [0.5, 0.6) is 0 Å². The van der Waals surface area contributed by atoms with Crippen molar-refractivity contribution >= 4 is 33.2 Å². The lowest BCUT2D eigenvalue weighted by Gasteiger charge is -2.17. The summed E-state index contributed by atoms with van der Waals surface area (Å²) in [4.78, 5) is 25.9. The summed E-state index contributed by atoms with van der Waals surface area (Å²) in [6.07, 6.45) is 1.48. The molecule has 0 saturated carbocycles. The molecule has 1 fully saturated rings. The lowest BCUT2D eigenvalue weighted by molar-refractivity contribution is -0.129. The Kier molecular flexibility index (Phi) is 4.96. The predicted molar refractivity (Wildman–Crippen MR) is 79.6 cm³/mol. The van der Waals surface area contributed by atoms with E-state index < -0.39 is 16.1 Å². The third kappa shape index (κ3) is 4.51. The van der Waals surface area contributed by atoms with Crippen molar-refractivity contribution in [3.63, 3.8) is 0 Å². The first kappa shape index (κ1) is 15.9. The number of nitrogens with zero attached hydrogens (tertiary/aromatic N) is 1. The van der Waals surface area contributed by atoms with Gasteiger partial charge in [0.2, 0.25) is 15.9 Å². The quantitative estimate of drug-likeness (QED) is 0.743. The first-order chi connectivity index (χ1) is 9.87. The fourth-order valence-corrected chi connectivity index (χ4v) is 3.50. The summed E-state index contributed by atoms with van der Waals surface area (Å²) in [5, 5.41) is 4.55. The van der Waals surface area contributed by atoms with Crippen molar-refractivity contribution in [1.82, 2.24) is 14.9 Å². The number of amides is 2. The Morgan fingerprint density at radius 1 is 1.52 bits per heavy atom. The van der Waals surface area contributed by atoms with Crippen molar-refractivity contribution < 1.29 is 18.0 Å². The van der Waals surface area contributed by atoms with Gasteiger partial charge in [-0.25, -0.2) is 13.1 Å². The van der Waals surface area contributed by atoms with Gasteiger partial charge in [-0.15, -0.1) is 11.3 Å². The second-order valence-electron chi connectivity index (χ2n) is 4.79. The van der Waals surface area contributed by atoms with E-state index in [1.54, 1.807) is 17.0 Å². The van der Waals surface area contributed by atoms with Gasteiger partial charge in [-0.1, -0.05) is 6.07 Å². The highest BCUT2D eigenvalue weighted by molar-refractivity contribution is 7.88. The summed E-state index contributed by atoms with van der Waals surface area (Å²) in [7, 11) is -3.39. The van der Waals surface area contributed by atoms with Crippen LogP contribution in [-0.2, 0) is 14.8 Å². The normalized spacial score (nSPS) is 19.0. The molecule has 2 heterocycles. The van der Waals surface area contributed by atoms with Crippen LogP contribution in [0.15, 0.2) is 17.5 Å². The minimum atomic E-state index is -3.39. The van der Waals surface area contributed by atoms with Crippen LogP contribution in [0.25, 0.3) is 0 Å². The van der Waals surface area contributed by atoms with Crippen LogP contribution in [0.4, 0.5) is 0 Å². The monoisotopic (exact) mass is 331 g/mol. The van der Waals surface area contributed by atoms with E-state index in [1.807, 2.05) is 5.38 Å². The smallest absolute Gasteiger partial charge is 0.261 e. The Balaban J connectivity index is 1.77. The van der Waals surface area contributed by atoms with E-state index in [-0.39, 0.29) is 11.8 Å².